The quantitative estimate of drug-likeness (QED) is 0.369. The van der Waals surface area contributed by atoms with E-state index in [1.54, 1.807) is 0 Å². The predicted octanol–water partition coefficient (Wildman–Crippen LogP) is 4.68. The molecule has 3 heterocycles. The van der Waals surface area contributed by atoms with Crippen molar-refractivity contribution in [3.8, 4) is 0 Å². The largest absolute Gasteiger partial charge is 0.345 e. The van der Waals surface area contributed by atoms with E-state index in [9.17, 15) is 0 Å². The van der Waals surface area contributed by atoms with Crippen molar-refractivity contribution in [1.29, 1.82) is 0 Å². The van der Waals surface area contributed by atoms with E-state index in [0.717, 1.165) is 32.1 Å². The summed E-state index contributed by atoms with van der Waals surface area (Å²) >= 11 is 0. The summed E-state index contributed by atoms with van der Waals surface area (Å²) < 4.78 is 12.3. The molecule has 0 spiro atoms. The first-order chi connectivity index (χ1) is 11.1. The maximum Gasteiger partial charge on any atom is 0.163 e. The topological polar surface area (TPSA) is 36.9 Å². The number of fused-ring (bicyclic) bond motifs is 2. The fraction of sp³-hybridized carbons (Fsp3) is 0.895. The first kappa shape index (κ1) is 17.4. The predicted molar refractivity (Wildman–Crippen MR) is 88.9 cm³/mol. The van der Waals surface area contributed by atoms with Crippen LogP contribution >= 0.6 is 0 Å². The molecule has 4 aliphatic rings. The Morgan fingerprint density at radius 2 is 1.78 bits per heavy atom. The van der Waals surface area contributed by atoms with Crippen LogP contribution in [0, 0.1) is 0 Å². The molecule has 0 aromatic rings. The van der Waals surface area contributed by atoms with Gasteiger partial charge in [0, 0.05) is 0 Å². The lowest BCUT2D eigenvalue weighted by atomic mass is 9.89. The van der Waals surface area contributed by atoms with Crippen LogP contribution in [0.2, 0.25) is 0 Å². The summed E-state index contributed by atoms with van der Waals surface area (Å²) in [7, 11) is 0. The highest BCUT2D eigenvalue weighted by Gasteiger charge is 2.41. The molecular formula is C19H32O4. The van der Waals surface area contributed by atoms with Crippen LogP contribution in [0.5, 0.6) is 0 Å². The van der Waals surface area contributed by atoms with Gasteiger partial charge in [-0.1, -0.05) is 38.7 Å². The molecule has 0 N–H and O–H groups in total. The molecular weight excluding hydrogens is 292 g/mol. The third-order valence-electron chi connectivity index (χ3n) is 5.17. The maximum absolute atomic E-state index is 6.17. The molecule has 0 radical (unpaired) electrons. The first-order valence-electron chi connectivity index (χ1n) is 9.46. The minimum Gasteiger partial charge on any atom is -0.345 e. The van der Waals surface area contributed by atoms with Crippen LogP contribution in [-0.2, 0) is 19.2 Å². The monoisotopic (exact) mass is 324 g/mol. The van der Waals surface area contributed by atoms with Crippen molar-refractivity contribution in [3.63, 3.8) is 0 Å². The van der Waals surface area contributed by atoms with Crippen molar-refractivity contribution in [3.05, 3.63) is 11.6 Å². The maximum atomic E-state index is 6.17. The van der Waals surface area contributed by atoms with E-state index in [4.69, 9.17) is 19.2 Å². The third-order valence-corrected chi connectivity index (χ3v) is 5.17. The molecule has 0 saturated carbocycles. The number of hydrogen-bond acceptors (Lipinski definition) is 4. The smallest absolute Gasteiger partial charge is 0.163 e. The number of ether oxygens (including phenoxy) is 2. The minimum absolute atomic E-state index is 0.164. The van der Waals surface area contributed by atoms with Crippen molar-refractivity contribution in [1.82, 2.24) is 0 Å². The average molecular weight is 324 g/mol. The van der Waals surface area contributed by atoms with Gasteiger partial charge in [0.1, 0.15) is 12.2 Å². The molecule has 0 aromatic carbocycles. The molecule has 132 valence electrons. The van der Waals surface area contributed by atoms with E-state index < -0.39 is 5.79 Å². The lowest BCUT2D eigenvalue weighted by Gasteiger charge is -2.34. The standard InChI is InChI=1S/C19H32O4/c1-4-5-6-7-8-17-18(21-19(2,3)20-17)11-9-14-13-15-10-12-16(14)23-22-15/h13,15-18H,4-12H2,1-3H3/t15-,16+,17-,18-/m0/s1. The van der Waals surface area contributed by atoms with Crippen LogP contribution in [0.25, 0.3) is 0 Å². The van der Waals surface area contributed by atoms with E-state index in [2.05, 4.69) is 13.0 Å². The molecule has 4 heteroatoms. The van der Waals surface area contributed by atoms with Gasteiger partial charge in [0.2, 0.25) is 0 Å². The summed E-state index contributed by atoms with van der Waals surface area (Å²) in [5, 5.41) is 0. The van der Waals surface area contributed by atoms with Gasteiger partial charge in [0.25, 0.3) is 0 Å². The number of hydrogen-bond donors (Lipinski definition) is 0. The van der Waals surface area contributed by atoms with Crippen molar-refractivity contribution >= 4 is 0 Å². The summed E-state index contributed by atoms with van der Waals surface area (Å²) in [5.41, 5.74) is 1.39. The van der Waals surface area contributed by atoms with Gasteiger partial charge in [0.05, 0.1) is 12.2 Å². The highest BCUT2D eigenvalue weighted by molar-refractivity contribution is 5.16. The molecule has 4 rings (SSSR count). The van der Waals surface area contributed by atoms with Crippen LogP contribution in [0.15, 0.2) is 11.6 Å². The fourth-order valence-corrected chi connectivity index (χ4v) is 3.98. The SMILES string of the molecule is CCCCCC[C@@H]1OC(C)(C)O[C@H]1CCC1=C[C@@H]2CC[C@H]1OO2. The Bertz CT molecular complexity index is 410. The Morgan fingerprint density at radius 3 is 2.39 bits per heavy atom. The lowest BCUT2D eigenvalue weighted by Crippen LogP contribution is -2.34. The Labute approximate surface area is 140 Å². The van der Waals surface area contributed by atoms with E-state index >= 15 is 0 Å². The van der Waals surface area contributed by atoms with E-state index in [-0.39, 0.29) is 24.4 Å². The van der Waals surface area contributed by atoms with Crippen molar-refractivity contribution in [2.24, 2.45) is 0 Å². The number of unbranched alkanes of at least 4 members (excludes halogenated alkanes) is 3. The zero-order valence-corrected chi connectivity index (χ0v) is 14.9. The Balaban J connectivity index is 1.50. The molecule has 3 aliphatic heterocycles. The molecule has 0 amide bonds. The van der Waals surface area contributed by atoms with Crippen LogP contribution in [0.4, 0.5) is 0 Å². The second kappa shape index (κ2) is 7.64. The molecule has 23 heavy (non-hydrogen) atoms. The van der Waals surface area contributed by atoms with E-state index in [1.807, 2.05) is 13.8 Å². The van der Waals surface area contributed by atoms with E-state index in [1.165, 1.54) is 31.3 Å². The summed E-state index contributed by atoms with van der Waals surface area (Å²) in [6.45, 7) is 6.31. The zero-order chi connectivity index (χ0) is 16.3. The van der Waals surface area contributed by atoms with Crippen molar-refractivity contribution in [2.75, 3.05) is 0 Å². The molecule has 1 aliphatic carbocycles. The van der Waals surface area contributed by atoms with Crippen molar-refractivity contribution < 1.29 is 19.2 Å². The van der Waals surface area contributed by atoms with Gasteiger partial charge in [-0.15, -0.1) is 0 Å². The summed E-state index contributed by atoms with van der Waals surface area (Å²) in [6, 6.07) is 0. The average Bonchev–Trinajstić information content (AvgIpc) is 2.85. The van der Waals surface area contributed by atoms with E-state index in [0.29, 0.717) is 0 Å². The minimum atomic E-state index is -0.445. The lowest BCUT2D eigenvalue weighted by molar-refractivity contribution is -0.364. The third kappa shape index (κ3) is 4.56. The molecule has 2 fully saturated rings. The molecule has 4 nitrogen and oxygen atoms in total. The summed E-state index contributed by atoms with van der Waals surface area (Å²) in [4.78, 5) is 10.7. The molecule has 0 aromatic heterocycles. The first-order valence-corrected chi connectivity index (χ1v) is 9.46. The van der Waals surface area contributed by atoms with Crippen LogP contribution in [0.3, 0.4) is 0 Å². The summed E-state index contributed by atoms with van der Waals surface area (Å²) in [6.07, 6.45) is 13.5. The Morgan fingerprint density at radius 1 is 1.00 bits per heavy atom. The normalized spacial score (nSPS) is 35.5. The van der Waals surface area contributed by atoms with Gasteiger partial charge in [-0.2, -0.15) is 0 Å². The second-order valence-corrected chi connectivity index (χ2v) is 7.64. The van der Waals surface area contributed by atoms with Gasteiger partial charge >= 0.3 is 0 Å². The van der Waals surface area contributed by atoms with Gasteiger partial charge in [-0.05, 0) is 51.5 Å². The second-order valence-electron chi connectivity index (χ2n) is 7.64. The zero-order valence-electron chi connectivity index (χ0n) is 14.9. The Kier molecular flexibility index (Phi) is 5.78. The summed E-state index contributed by atoms with van der Waals surface area (Å²) in [5.74, 6) is -0.445. The molecule has 2 saturated heterocycles. The van der Waals surface area contributed by atoms with Crippen molar-refractivity contribution in [2.45, 2.75) is 109 Å². The van der Waals surface area contributed by atoms with Gasteiger partial charge in [0.15, 0.2) is 5.79 Å². The van der Waals surface area contributed by atoms with Crippen LogP contribution < -0.4 is 0 Å². The van der Waals surface area contributed by atoms with Gasteiger partial charge in [-0.25, -0.2) is 9.78 Å². The van der Waals surface area contributed by atoms with Crippen LogP contribution in [0.1, 0.15) is 78.6 Å². The van der Waals surface area contributed by atoms with Gasteiger partial charge < -0.3 is 9.47 Å². The highest BCUT2D eigenvalue weighted by atomic mass is 17.2. The molecule has 4 atom stereocenters. The molecule has 0 unspecified atom stereocenters. The fourth-order valence-electron chi connectivity index (χ4n) is 3.98. The molecule has 2 bridgehead atoms. The van der Waals surface area contributed by atoms with Gasteiger partial charge in [-0.3, -0.25) is 0 Å². The number of rotatable bonds is 8. The van der Waals surface area contributed by atoms with Crippen LogP contribution in [-0.4, -0.2) is 30.2 Å². The highest BCUT2D eigenvalue weighted by Crippen LogP contribution is 2.37. The Hall–Kier alpha value is -0.420.